The highest BCUT2D eigenvalue weighted by atomic mass is 16.5. The van der Waals surface area contributed by atoms with Gasteiger partial charge in [-0.1, -0.05) is 24.3 Å². The highest BCUT2D eigenvalue weighted by Gasteiger charge is 2.30. The number of nitrogens with zero attached hydrogens (tertiary/aromatic N) is 3. The predicted molar refractivity (Wildman–Crippen MR) is 97.4 cm³/mol. The van der Waals surface area contributed by atoms with Gasteiger partial charge in [0.1, 0.15) is 12.3 Å². The zero-order chi connectivity index (χ0) is 18.1. The van der Waals surface area contributed by atoms with Crippen LogP contribution in [0.15, 0.2) is 53.5 Å². The molecule has 2 aromatic carbocycles. The van der Waals surface area contributed by atoms with Gasteiger partial charge >= 0.3 is 0 Å². The maximum absolute atomic E-state index is 12.4. The van der Waals surface area contributed by atoms with Gasteiger partial charge < -0.3 is 14.5 Å². The van der Waals surface area contributed by atoms with Gasteiger partial charge in [0.2, 0.25) is 11.9 Å². The molecule has 1 N–H and O–H groups in total. The largest absolute Gasteiger partial charge is 0.483 e. The summed E-state index contributed by atoms with van der Waals surface area (Å²) in [6.45, 7) is 0.726. The van der Waals surface area contributed by atoms with Crippen LogP contribution in [-0.2, 0) is 16.1 Å². The van der Waals surface area contributed by atoms with Crippen molar-refractivity contribution < 1.29 is 14.3 Å². The van der Waals surface area contributed by atoms with Crippen LogP contribution in [0.1, 0.15) is 5.56 Å². The number of nitrogens with one attached hydrogen (secondary N) is 1. The van der Waals surface area contributed by atoms with E-state index in [1.807, 2.05) is 53.4 Å². The topological polar surface area (TPSA) is 74.2 Å². The Hall–Kier alpha value is -3.35. The molecular weight excluding hydrogens is 332 g/mol. The Labute approximate surface area is 150 Å². The number of carbonyl (C=O) groups is 2. The highest BCUT2D eigenvalue weighted by Crippen LogP contribution is 2.34. The van der Waals surface area contributed by atoms with Crippen LogP contribution in [0.2, 0.25) is 0 Å². The van der Waals surface area contributed by atoms with E-state index in [9.17, 15) is 9.59 Å². The summed E-state index contributed by atoms with van der Waals surface area (Å²) in [5.41, 5.74) is 2.44. The average Bonchev–Trinajstić information content (AvgIpc) is 3.03. The summed E-state index contributed by atoms with van der Waals surface area (Å²) in [6.07, 6.45) is 0. The van der Waals surface area contributed by atoms with Crippen molar-refractivity contribution >= 4 is 29.1 Å². The van der Waals surface area contributed by atoms with Gasteiger partial charge in [0, 0.05) is 18.3 Å². The molecule has 2 aromatic rings. The number of amides is 2. The van der Waals surface area contributed by atoms with E-state index in [0.717, 1.165) is 16.9 Å². The summed E-state index contributed by atoms with van der Waals surface area (Å²) >= 11 is 0. The Morgan fingerprint density at radius 2 is 2.00 bits per heavy atom. The Balaban J connectivity index is 1.48. The number of hydrogen-bond acceptors (Lipinski definition) is 5. The number of hydrogen-bond donors (Lipinski definition) is 1. The summed E-state index contributed by atoms with van der Waals surface area (Å²) in [5, 5.41) is 2.73. The molecule has 7 nitrogen and oxygen atoms in total. The molecule has 0 bridgehead atoms. The third-order valence-corrected chi connectivity index (χ3v) is 4.44. The summed E-state index contributed by atoms with van der Waals surface area (Å²) < 4.78 is 5.79. The number of likely N-dealkylation sites (N-methyl/N-ethyl adjacent to an activating group) is 1. The van der Waals surface area contributed by atoms with Gasteiger partial charge in [-0.15, -0.1) is 0 Å². The van der Waals surface area contributed by atoms with Gasteiger partial charge in [0.25, 0.3) is 5.91 Å². The molecule has 2 amide bonds. The zero-order valence-corrected chi connectivity index (χ0v) is 14.3. The molecule has 0 atom stereocenters. The molecule has 0 aromatic heterocycles. The van der Waals surface area contributed by atoms with Crippen LogP contribution in [-0.4, -0.2) is 42.9 Å². The maximum atomic E-state index is 12.4. The molecule has 0 radical (unpaired) electrons. The number of aliphatic imine (C=N–C) groups is 1. The first-order valence-electron chi connectivity index (χ1n) is 8.31. The van der Waals surface area contributed by atoms with Crippen LogP contribution in [0.4, 0.5) is 11.4 Å². The monoisotopic (exact) mass is 350 g/mol. The minimum absolute atomic E-state index is 0.0707. The van der Waals surface area contributed by atoms with Crippen molar-refractivity contribution in [1.82, 2.24) is 10.2 Å². The van der Waals surface area contributed by atoms with Crippen LogP contribution in [0.5, 0.6) is 5.75 Å². The van der Waals surface area contributed by atoms with E-state index in [4.69, 9.17) is 4.74 Å². The van der Waals surface area contributed by atoms with Crippen LogP contribution in [0.3, 0.4) is 0 Å². The van der Waals surface area contributed by atoms with Crippen LogP contribution < -0.4 is 15.0 Å². The van der Waals surface area contributed by atoms with Gasteiger partial charge in [-0.2, -0.15) is 0 Å². The maximum Gasteiger partial charge on any atom is 0.264 e. The minimum atomic E-state index is -0.146. The summed E-state index contributed by atoms with van der Waals surface area (Å²) in [4.78, 5) is 31.9. The van der Waals surface area contributed by atoms with Crippen LogP contribution in [0.25, 0.3) is 0 Å². The second kappa shape index (κ2) is 6.51. The fraction of sp³-hybridized carbons (Fsp3) is 0.211. The molecule has 0 unspecified atom stereocenters. The minimum Gasteiger partial charge on any atom is -0.483 e. The first-order chi connectivity index (χ1) is 12.6. The van der Waals surface area contributed by atoms with Crippen molar-refractivity contribution in [3.63, 3.8) is 0 Å². The van der Waals surface area contributed by atoms with Crippen LogP contribution >= 0.6 is 0 Å². The smallest absolute Gasteiger partial charge is 0.264 e. The first kappa shape index (κ1) is 16.1. The lowest BCUT2D eigenvalue weighted by Gasteiger charge is -2.25. The summed E-state index contributed by atoms with van der Waals surface area (Å²) in [5.74, 6) is 0.963. The Bertz CT molecular complexity index is 895. The molecule has 2 aliphatic heterocycles. The van der Waals surface area contributed by atoms with Crippen LogP contribution in [0, 0.1) is 0 Å². The number of benzene rings is 2. The molecule has 1 fully saturated rings. The Morgan fingerprint density at radius 3 is 2.81 bits per heavy atom. The van der Waals surface area contributed by atoms with Crippen molar-refractivity contribution in [2.75, 3.05) is 25.1 Å². The van der Waals surface area contributed by atoms with Crippen molar-refractivity contribution in [1.29, 1.82) is 0 Å². The SMILES string of the molecule is CN(C(=O)COc1cccc2c1CN1CC(=O)NC1=N2)c1ccccc1. The second-order valence-corrected chi connectivity index (χ2v) is 6.17. The molecule has 0 saturated carbocycles. The van der Waals surface area contributed by atoms with Crippen molar-refractivity contribution in [3.05, 3.63) is 54.1 Å². The molecule has 2 aliphatic rings. The molecular formula is C19H18N4O3. The van der Waals surface area contributed by atoms with Crippen molar-refractivity contribution in [2.45, 2.75) is 6.54 Å². The molecule has 2 heterocycles. The number of anilines is 1. The van der Waals surface area contributed by atoms with E-state index in [1.165, 1.54) is 0 Å². The van der Waals surface area contributed by atoms with E-state index < -0.39 is 0 Å². The van der Waals surface area contributed by atoms with Crippen molar-refractivity contribution in [2.24, 2.45) is 4.99 Å². The Kier molecular flexibility index (Phi) is 4.04. The number of guanidine groups is 1. The van der Waals surface area contributed by atoms with E-state index in [1.54, 1.807) is 11.9 Å². The van der Waals surface area contributed by atoms with Gasteiger partial charge in [0.15, 0.2) is 6.61 Å². The lowest BCUT2D eigenvalue weighted by Crippen LogP contribution is -2.33. The Morgan fingerprint density at radius 1 is 1.19 bits per heavy atom. The predicted octanol–water partition coefficient (Wildman–Crippen LogP) is 1.66. The van der Waals surface area contributed by atoms with Gasteiger partial charge in [-0.3, -0.25) is 14.9 Å². The highest BCUT2D eigenvalue weighted by molar-refractivity contribution is 6.06. The number of carbonyl (C=O) groups excluding carboxylic acids is 2. The third kappa shape index (κ3) is 2.99. The molecule has 132 valence electrons. The quantitative estimate of drug-likeness (QED) is 0.910. The fourth-order valence-corrected chi connectivity index (χ4v) is 3.01. The molecule has 0 spiro atoms. The number of rotatable bonds is 4. The number of fused-ring (bicyclic) bond motifs is 2. The number of para-hydroxylation sites is 1. The summed E-state index contributed by atoms with van der Waals surface area (Å²) in [7, 11) is 1.72. The van der Waals surface area contributed by atoms with E-state index in [2.05, 4.69) is 10.3 Å². The molecule has 4 rings (SSSR count). The fourth-order valence-electron chi connectivity index (χ4n) is 3.01. The number of ether oxygens (including phenoxy) is 1. The van der Waals surface area contributed by atoms with Gasteiger partial charge in [-0.25, -0.2) is 4.99 Å². The zero-order valence-electron chi connectivity index (χ0n) is 14.3. The average molecular weight is 350 g/mol. The molecule has 0 aliphatic carbocycles. The lowest BCUT2D eigenvalue weighted by molar-refractivity contribution is -0.120. The molecule has 26 heavy (non-hydrogen) atoms. The first-order valence-corrected chi connectivity index (χ1v) is 8.31. The normalized spacial score (nSPS) is 14.9. The van der Waals surface area contributed by atoms with E-state index >= 15 is 0 Å². The second-order valence-electron chi connectivity index (χ2n) is 6.17. The third-order valence-electron chi connectivity index (χ3n) is 4.44. The standard InChI is InChI=1S/C19H18N4O3/c1-22(13-6-3-2-4-7-13)18(25)12-26-16-9-5-8-15-14(16)10-23-11-17(24)21-19(23)20-15/h2-9H,10-12H2,1H3,(H,20,21,24). The van der Waals surface area contributed by atoms with Gasteiger partial charge in [0.05, 0.1) is 12.2 Å². The van der Waals surface area contributed by atoms with E-state index in [0.29, 0.717) is 18.3 Å². The van der Waals surface area contributed by atoms with Gasteiger partial charge in [-0.05, 0) is 24.3 Å². The summed E-state index contributed by atoms with van der Waals surface area (Å²) in [6, 6.07) is 14.9. The lowest BCUT2D eigenvalue weighted by atomic mass is 10.1. The van der Waals surface area contributed by atoms with Crippen molar-refractivity contribution in [3.8, 4) is 5.75 Å². The molecule has 7 heteroatoms. The molecule has 1 saturated heterocycles. The van der Waals surface area contributed by atoms with E-state index in [-0.39, 0.29) is 25.0 Å².